The molecule has 0 aliphatic heterocycles. The van der Waals surface area contributed by atoms with Crippen LogP contribution >= 0.6 is 11.6 Å². The summed E-state index contributed by atoms with van der Waals surface area (Å²) in [7, 11) is 0. The van der Waals surface area contributed by atoms with Crippen molar-refractivity contribution >= 4 is 11.6 Å². The zero-order chi connectivity index (χ0) is 15.4. The molecule has 1 N–H and O–H groups in total. The largest absolute Gasteiger partial charge is 0.306 e. The summed E-state index contributed by atoms with van der Waals surface area (Å²) < 4.78 is 39.6. The molecule has 0 amide bonds. The molecule has 5 heteroatoms. The van der Waals surface area contributed by atoms with E-state index in [1.807, 2.05) is 25.1 Å². The second-order valence-electron chi connectivity index (χ2n) is 4.75. The lowest BCUT2D eigenvalue weighted by Gasteiger charge is -2.18. The Morgan fingerprint density at radius 2 is 1.76 bits per heavy atom. The van der Waals surface area contributed by atoms with Crippen LogP contribution in [0.3, 0.4) is 0 Å². The Balaban J connectivity index is 2.12. The summed E-state index contributed by atoms with van der Waals surface area (Å²) in [5.74, 6) is -3.00. The first-order valence-electron chi connectivity index (χ1n) is 6.63. The molecule has 0 radical (unpaired) electrons. The van der Waals surface area contributed by atoms with Gasteiger partial charge in [-0.25, -0.2) is 13.2 Å². The van der Waals surface area contributed by atoms with E-state index >= 15 is 0 Å². The van der Waals surface area contributed by atoms with Crippen molar-refractivity contribution in [2.24, 2.45) is 0 Å². The van der Waals surface area contributed by atoms with Crippen LogP contribution in [0, 0.1) is 17.5 Å². The Morgan fingerprint density at radius 1 is 1.05 bits per heavy atom. The van der Waals surface area contributed by atoms with Crippen LogP contribution in [0.5, 0.6) is 0 Å². The molecule has 1 atom stereocenters. The second-order valence-corrected chi connectivity index (χ2v) is 5.19. The van der Waals surface area contributed by atoms with Crippen molar-refractivity contribution in [2.75, 3.05) is 0 Å². The van der Waals surface area contributed by atoms with E-state index in [1.54, 1.807) is 6.07 Å². The highest BCUT2D eigenvalue weighted by Crippen LogP contribution is 2.21. The molecule has 0 aliphatic rings. The summed E-state index contributed by atoms with van der Waals surface area (Å²) >= 11 is 5.95. The molecule has 0 saturated heterocycles. The summed E-state index contributed by atoms with van der Waals surface area (Å²) in [4.78, 5) is 0. The number of hydrogen-bond donors (Lipinski definition) is 1. The Morgan fingerprint density at radius 3 is 2.43 bits per heavy atom. The van der Waals surface area contributed by atoms with Gasteiger partial charge in [0, 0.05) is 29.2 Å². The van der Waals surface area contributed by atoms with Gasteiger partial charge in [-0.1, -0.05) is 30.7 Å². The predicted molar refractivity (Wildman–Crippen MR) is 77.6 cm³/mol. The molecule has 0 bridgehead atoms. The lowest BCUT2D eigenvalue weighted by Crippen LogP contribution is -2.21. The van der Waals surface area contributed by atoms with Gasteiger partial charge in [-0.05, 0) is 30.2 Å². The highest BCUT2D eigenvalue weighted by Gasteiger charge is 2.13. The molecule has 0 saturated carbocycles. The molecule has 1 unspecified atom stereocenters. The third-order valence-corrected chi connectivity index (χ3v) is 3.52. The zero-order valence-electron chi connectivity index (χ0n) is 11.5. The minimum absolute atomic E-state index is 0.0452. The van der Waals surface area contributed by atoms with Crippen LogP contribution in [0.1, 0.15) is 30.5 Å². The first-order valence-corrected chi connectivity index (χ1v) is 7.01. The average Bonchev–Trinajstić information content (AvgIpc) is 2.45. The van der Waals surface area contributed by atoms with Crippen LogP contribution in [0.4, 0.5) is 13.2 Å². The molecule has 0 fully saturated rings. The molecule has 2 rings (SSSR count). The first kappa shape index (κ1) is 15.9. The van der Waals surface area contributed by atoms with Crippen LogP contribution in [0.25, 0.3) is 0 Å². The van der Waals surface area contributed by atoms with E-state index in [0.717, 1.165) is 18.1 Å². The molecule has 0 heterocycles. The van der Waals surface area contributed by atoms with E-state index in [0.29, 0.717) is 11.1 Å². The van der Waals surface area contributed by atoms with Crippen LogP contribution < -0.4 is 5.32 Å². The van der Waals surface area contributed by atoms with Crippen LogP contribution in [-0.4, -0.2) is 0 Å². The number of halogens is 4. The first-order chi connectivity index (χ1) is 10.0. The minimum Gasteiger partial charge on any atom is -0.306 e. The van der Waals surface area contributed by atoms with Crippen molar-refractivity contribution in [3.8, 4) is 0 Å². The molecule has 2 aromatic rings. The van der Waals surface area contributed by atoms with Crippen molar-refractivity contribution < 1.29 is 13.2 Å². The number of benzene rings is 2. The van der Waals surface area contributed by atoms with E-state index in [-0.39, 0.29) is 18.2 Å². The third-order valence-electron chi connectivity index (χ3n) is 3.29. The van der Waals surface area contributed by atoms with Crippen molar-refractivity contribution in [3.63, 3.8) is 0 Å². The molecule has 0 aromatic heterocycles. The predicted octanol–water partition coefficient (Wildman–Crippen LogP) is 5.00. The maximum absolute atomic E-state index is 13.6. The number of rotatable bonds is 5. The quantitative estimate of drug-likeness (QED) is 0.766. The third kappa shape index (κ3) is 3.99. The van der Waals surface area contributed by atoms with E-state index < -0.39 is 17.5 Å². The average molecular weight is 314 g/mol. The van der Waals surface area contributed by atoms with Gasteiger partial charge in [0.1, 0.15) is 5.82 Å². The van der Waals surface area contributed by atoms with Gasteiger partial charge in [-0.2, -0.15) is 0 Å². The van der Waals surface area contributed by atoms with Crippen molar-refractivity contribution in [1.82, 2.24) is 5.32 Å². The lowest BCUT2D eigenvalue weighted by atomic mass is 10.0. The topological polar surface area (TPSA) is 12.0 Å². The molecule has 0 aliphatic carbocycles. The summed E-state index contributed by atoms with van der Waals surface area (Å²) in [6.45, 7) is 2.08. The fraction of sp³-hybridized carbons (Fsp3) is 0.250. The van der Waals surface area contributed by atoms with E-state index in [9.17, 15) is 13.2 Å². The fourth-order valence-corrected chi connectivity index (χ4v) is 2.35. The van der Waals surface area contributed by atoms with Gasteiger partial charge in [-0.15, -0.1) is 0 Å². The van der Waals surface area contributed by atoms with Gasteiger partial charge in [0.15, 0.2) is 11.6 Å². The van der Waals surface area contributed by atoms with Crippen molar-refractivity contribution in [1.29, 1.82) is 0 Å². The normalized spacial score (nSPS) is 12.4. The SMILES string of the molecule is CCC(NCc1cc(F)c(F)cc1F)c1cccc(Cl)c1. The van der Waals surface area contributed by atoms with Crippen molar-refractivity contribution in [3.05, 3.63) is 70.0 Å². The zero-order valence-corrected chi connectivity index (χ0v) is 12.2. The summed E-state index contributed by atoms with van der Waals surface area (Å²) in [6.07, 6.45) is 0.756. The summed E-state index contributed by atoms with van der Waals surface area (Å²) in [5, 5.41) is 3.75. The highest BCUT2D eigenvalue weighted by molar-refractivity contribution is 6.30. The minimum atomic E-state index is -1.18. The summed E-state index contributed by atoms with van der Waals surface area (Å²) in [6, 6.07) is 8.73. The Bertz CT molecular complexity index is 631. The van der Waals surface area contributed by atoms with Gasteiger partial charge in [0.05, 0.1) is 0 Å². The molecule has 21 heavy (non-hydrogen) atoms. The molecule has 0 spiro atoms. The molecular weight excluding hydrogens is 299 g/mol. The van der Waals surface area contributed by atoms with Gasteiger partial charge < -0.3 is 5.32 Å². The lowest BCUT2D eigenvalue weighted by molar-refractivity contribution is 0.474. The molecule has 112 valence electrons. The number of nitrogens with one attached hydrogen (secondary N) is 1. The Labute approximate surface area is 126 Å². The van der Waals surface area contributed by atoms with Gasteiger partial charge in [0.2, 0.25) is 0 Å². The second kappa shape index (κ2) is 6.96. The smallest absolute Gasteiger partial charge is 0.161 e. The monoisotopic (exact) mass is 313 g/mol. The number of hydrogen-bond acceptors (Lipinski definition) is 1. The molecular formula is C16H15ClF3N. The van der Waals surface area contributed by atoms with Gasteiger partial charge in [-0.3, -0.25) is 0 Å². The standard InChI is InChI=1S/C16H15ClF3N/c1-2-16(10-4-3-5-12(17)6-10)21-9-11-7-14(19)15(20)8-13(11)18/h3-8,16,21H,2,9H2,1H3. The summed E-state index contributed by atoms with van der Waals surface area (Å²) in [5.41, 5.74) is 1.06. The van der Waals surface area contributed by atoms with Crippen molar-refractivity contribution in [2.45, 2.75) is 25.9 Å². The van der Waals surface area contributed by atoms with Gasteiger partial charge in [0.25, 0.3) is 0 Å². The van der Waals surface area contributed by atoms with E-state index in [4.69, 9.17) is 11.6 Å². The van der Waals surface area contributed by atoms with Crippen LogP contribution in [-0.2, 0) is 6.54 Å². The van der Waals surface area contributed by atoms with Crippen LogP contribution in [0.15, 0.2) is 36.4 Å². The van der Waals surface area contributed by atoms with Crippen LogP contribution in [0.2, 0.25) is 5.02 Å². The molecule has 1 nitrogen and oxygen atoms in total. The van der Waals surface area contributed by atoms with E-state index in [1.165, 1.54) is 0 Å². The Hall–Kier alpha value is -1.52. The fourth-order valence-electron chi connectivity index (χ4n) is 2.15. The molecule has 2 aromatic carbocycles. The Kier molecular flexibility index (Phi) is 5.26. The maximum Gasteiger partial charge on any atom is 0.161 e. The highest BCUT2D eigenvalue weighted by atomic mass is 35.5. The maximum atomic E-state index is 13.6. The van der Waals surface area contributed by atoms with E-state index in [2.05, 4.69) is 5.32 Å². The van der Waals surface area contributed by atoms with Gasteiger partial charge >= 0.3 is 0 Å².